The first-order valence-electron chi connectivity index (χ1n) is 6.31. The summed E-state index contributed by atoms with van der Waals surface area (Å²) in [6.07, 6.45) is 6.01. The number of thiophene rings is 1. The first-order valence-corrected chi connectivity index (χ1v) is 7.13. The monoisotopic (exact) mass is 236 g/mol. The molecule has 1 aromatic rings. The molecule has 1 aromatic heterocycles. The fourth-order valence-corrected chi connectivity index (χ4v) is 3.55. The van der Waals surface area contributed by atoms with Crippen molar-refractivity contribution in [3.8, 4) is 0 Å². The van der Waals surface area contributed by atoms with Gasteiger partial charge in [-0.25, -0.2) is 0 Å². The van der Waals surface area contributed by atoms with Gasteiger partial charge in [0.15, 0.2) is 5.78 Å². The summed E-state index contributed by atoms with van der Waals surface area (Å²) in [5.74, 6) is 1.48. The van der Waals surface area contributed by atoms with Gasteiger partial charge in [-0.1, -0.05) is 26.2 Å². The number of carbonyl (C=O) groups is 1. The zero-order chi connectivity index (χ0) is 11.5. The Kier molecular flexibility index (Phi) is 3.80. The molecule has 0 bridgehead atoms. The van der Waals surface area contributed by atoms with Crippen molar-refractivity contribution in [1.82, 2.24) is 0 Å². The molecule has 2 unspecified atom stereocenters. The summed E-state index contributed by atoms with van der Waals surface area (Å²) in [4.78, 5) is 14.5. The molecular formula is C14H20OS. The van der Waals surface area contributed by atoms with Crippen LogP contribution in [-0.2, 0) is 0 Å². The summed E-state index contributed by atoms with van der Waals surface area (Å²) in [7, 11) is 0. The average Bonchev–Trinajstić information content (AvgIpc) is 2.75. The molecule has 2 rings (SSSR count). The molecule has 1 fully saturated rings. The number of Topliss-reactive ketones (excluding diaryl/α,β-unsaturated/α-hetero) is 1. The second-order valence-corrected chi connectivity index (χ2v) is 6.20. The van der Waals surface area contributed by atoms with Gasteiger partial charge in [0, 0.05) is 10.8 Å². The molecule has 1 aliphatic carbocycles. The Hall–Kier alpha value is -0.630. The van der Waals surface area contributed by atoms with Gasteiger partial charge in [0.05, 0.1) is 4.88 Å². The van der Waals surface area contributed by atoms with E-state index in [4.69, 9.17) is 0 Å². The predicted molar refractivity (Wildman–Crippen MR) is 69.1 cm³/mol. The van der Waals surface area contributed by atoms with Crippen LogP contribution in [0.1, 0.15) is 53.6 Å². The molecule has 1 aliphatic rings. The highest BCUT2D eigenvalue weighted by Crippen LogP contribution is 2.34. The molecule has 0 saturated heterocycles. The molecule has 0 spiro atoms. The van der Waals surface area contributed by atoms with Crippen LogP contribution in [0.2, 0.25) is 0 Å². The summed E-state index contributed by atoms with van der Waals surface area (Å²) >= 11 is 1.65. The number of carbonyl (C=O) groups excluding carboxylic acids is 1. The first kappa shape index (κ1) is 11.8. The van der Waals surface area contributed by atoms with E-state index in [0.717, 1.165) is 23.6 Å². The van der Waals surface area contributed by atoms with E-state index in [-0.39, 0.29) is 0 Å². The number of rotatable bonds is 3. The van der Waals surface area contributed by atoms with E-state index in [9.17, 15) is 4.79 Å². The second kappa shape index (κ2) is 5.13. The van der Waals surface area contributed by atoms with Gasteiger partial charge in [-0.15, -0.1) is 11.3 Å². The van der Waals surface area contributed by atoms with E-state index in [1.54, 1.807) is 11.3 Å². The minimum absolute atomic E-state index is 0.303. The minimum atomic E-state index is 0.303. The highest BCUT2D eigenvalue weighted by molar-refractivity contribution is 7.14. The summed E-state index contributed by atoms with van der Waals surface area (Å²) in [6.45, 7) is 4.31. The van der Waals surface area contributed by atoms with E-state index < -0.39 is 0 Å². The maximum absolute atomic E-state index is 12.3. The van der Waals surface area contributed by atoms with Crippen LogP contribution in [-0.4, -0.2) is 5.78 Å². The van der Waals surface area contributed by atoms with Crippen LogP contribution in [0.15, 0.2) is 12.1 Å². The van der Waals surface area contributed by atoms with Crippen molar-refractivity contribution in [3.05, 3.63) is 21.9 Å². The Labute approximate surface area is 102 Å². The highest BCUT2D eigenvalue weighted by Gasteiger charge is 2.27. The average molecular weight is 236 g/mol. The van der Waals surface area contributed by atoms with Gasteiger partial charge < -0.3 is 0 Å². The minimum Gasteiger partial charge on any atom is -0.293 e. The van der Waals surface area contributed by atoms with Crippen LogP contribution in [0.5, 0.6) is 0 Å². The molecule has 2 atom stereocenters. The number of hydrogen-bond acceptors (Lipinski definition) is 2. The van der Waals surface area contributed by atoms with Gasteiger partial charge in [-0.3, -0.25) is 4.79 Å². The van der Waals surface area contributed by atoms with Crippen LogP contribution in [0.3, 0.4) is 0 Å². The number of ketones is 1. The fourth-order valence-electron chi connectivity index (χ4n) is 2.67. The van der Waals surface area contributed by atoms with E-state index in [0.29, 0.717) is 11.7 Å². The van der Waals surface area contributed by atoms with Crippen molar-refractivity contribution in [1.29, 1.82) is 0 Å². The zero-order valence-corrected chi connectivity index (χ0v) is 11.0. The van der Waals surface area contributed by atoms with Crippen molar-refractivity contribution in [2.45, 2.75) is 46.0 Å². The van der Waals surface area contributed by atoms with Crippen LogP contribution in [0, 0.1) is 18.8 Å². The van der Waals surface area contributed by atoms with Crippen molar-refractivity contribution in [2.75, 3.05) is 0 Å². The molecule has 0 N–H and O–H groups in total. The van der Waals surface area contributed by atoms with Gasteiger partial charge in [-0.05, 0) is 37.8 Å². The zero-order valence-electron chi connectivity index (χ0n) is 10.2. The lowest BCUT2D eigenvalue weighted by Gasteiger charge is -2.27. The normalized spacial score (nSPS) is 25.6. The third kappa shape index (κ3) is 2.54. The topological polar surface area (TPSA) is 17.1 Å². The fraction of sp³-hybridized carbons (Fsp3) is 0.643. The Morgan fingerprint density at radius 1 is 1.44 bits per heavy atom. The molecule has 0 radical (unpaired) electrons. The Bertz CT molecular complexity index is 367. The quantitative estimate of drug-likeness (QED) is 0.708. The Balaban J connectivity index is 2.04. The summed E-state index contributed by atoms with van der Waals surface area (Å²) < 4.78 is 0. The molecule has 1 heterocycles. The molecule has 0 amide bonds. The molecule has 0 aliphatic heterocycles. The lowest BCUT2D eigenvalue weighted by atomic mass is 9.78. The molecule has 1 nitrogen and oxygen atoms in total. The van der Waals surface area contributed by atoms with Gasteiger partial charge in [0.2, 0.25) is 0 Å². The van der Waals surface area contributed by atoms with E-state index >= 15 is 0 Å². The van der Waals surface area contributed by atoms with E-state index in [2.05, 4.69) is 19.9 Å². The molecule has 0 aromatic carbocycles. The summed E-state index contributed by atoms with van der Waals surface area (Å²) in [6, 6.07) is 4.05. The predicted octanol–water partition coefficient (Wildman–Crippen LogP) is 4.46. The van der Waals surface area contributed by atoms with Gasteiger partial charge in [-0.2, -0.15) is 0 Å². The van der Waals surface area contributed by atoms with Crippen LogP contribution in [0.4, 0.5) is 0 Å². The van der Waals surface area contributed by atoms with Crippen molar-refractivity contribution in [2.24, 2.45) is 11.8 Å². The third-order valence-corrected chi connectivity index (χ3v) is 4.73. The van der Waals surface area contributed by atoms with E-state index in [1.165, 1.54) is 24.1 Å². The smallest absolute Gasteiger partial charge is 0.175 e. The molecule has 1 saturated carbocycles. The molecule has 16 heavy (non-hydrogen) atoms. The number of hydrogen-bond donors (Lipinski definition) is 0. The second-order valence-electron chi connectivity index (χ2n) is 4.91. The molecular weight excluding hydrogens is 216 g/mol. The van der Waals surface area contributed by atoms with E-state index in [1.807, 2.05) is 6.07 Å². The van der Waals surface area contributed by atoms with Crippen LogP contribution >= 0.6 is 11.3 Å². The van der Waals surface area contributed by atoms with Crippen molar-refractivity contribution in [3.63, 3.8) is 0 Å². The molecule has 2 heteroatoms. The lowest BCUT2D eigenvalue weighted by molar-refractivity contribution is 0.0866. The van der Waals surface area contributed by atoms with Gasteiger partial charge in [0.1, 0.15) is 0 Å². The largest absolute Gasteiger partial charge is 0.293 e. The summed E-state index contributed by atoms with van der Waals surface area (Å²) in [5, 5.41) is 0. The standard InChI is InChI=1S/C14H20OS/c1-3-11-5-4-6-12(9-11)14(15)13-8-7-10(2)16-13/h7-8,11-12H,3-6,9H2,1-2H3. The Morgan fingerprint density at radius 3 is 2.88 bits per heavy atom. The third-order valence-electron chi connectivity index (χ3n) is 3.71. The highest BCUT2D eigenvalue weighted by atomic mass is 32.1. The van der Waals surface area contributed by atoms with Gasteiger partial charge in [0.25, 0.3) is 0 Å². The SMILES string of the molecule is CCC1CCCC(C(=O)c2ccc(C)s2)C1. The van der Waals surface area contributed by atoms with Crippen LogP contribution < -0.4 is 0 Å². The number of aryl methyl sites for hydroxylation is 1. The lowest BCUT2D eigenvalue weighted by Crippen LogP contribution is -2.22. The van der Waals surface area contributed by atoms with Crippen molar-refractivity contribution >= 4 is 17.1 Å². The maximum Gasteiger partial charge on any atom is 0.175 e. The Morgan fingerprint density at radius 2 is 2.25 bits per heavy atom. The first-order chi connectivity index (χ1) is 7.70. The maximum atomic E-state index is 12.3. The summed E-state index contributed by atoms with van der Waals surface area (Å²) in [5.41, 5.74) is 0. The molecule has 88 valence electrons. The van der Waals surface area contributed by atoms with Gasteiger partial charge >= 0.3 is 0 Å². The van der Waals surface area contributed by atoms with Crippen molar-refractivity contribution < 1.29 is 4.79 Å². The van der Waals surface area contributed by atoms with Crippen LogP contribution in [0.25, 0.3) is 0 Å².